The minimum atomic E-state index is 0.0774. The van der Waals surface area contributed by atoms with Gasteiger partial charge in [0.1, 0.15) is 0 Å². The Morgan fingerprint density at radius 3 is 2.44 bits per heavy atom. The van der Waals surface area contributed by atoms with Crippen LogP contribution in [0.5, 0.6) is 0 Å². The number of piperidine rings is 1. The highest BCUT2D eigenvalue weighted by Gasteiger charge is 2.46. The molecule has 3 aliphatic carbocycles. The summed E-state index contributed by atoms with van der Waals surface area (Å²) < 4.78 is 0. The highest BCUT2D eigenvalue weighted by Crippen LogP contribution is 2.51. The Kier molecular flexibility index (Phi) is 5.86. The van der Waals surface area contributed by atoms with Gasteiger partial charge in [0.05, 0.1) is 6.04 Å². The van der Waals surface area contributed by atoms with E-state index >= 15 is 0 Å². The zero-order valence-corrected chi connectivity index (χ0v) is 20.4. The van der Waals surface area contributed by atoms with Crippen molar-refractivity contribution in [3.05, 3.63) is 47.5 Å². The van der Waals surface area contributed by atoms with Crippen LogP contribution in [0.1, 0.15) is 77.0 Å². The summed E-state index contributed by atoms with van der Waals surface area (Å²) in [5, 5.41) is 3.42. The zero-order chi connectivity index (χ0) is 22.5. The highest BCUT2D eigenvalue weighted by molar-refractivity contribution is 5.75. The maximum absolute atomic E-state index is 13.2. The summed E-state index contributed by atoms with van der Waals surface area (Å²) in [5.41, 5.74) is 3.06. The van der Waals surface area contributed by atoms with Gasteiger partial charge in [-0.05, 0) is 102 Å². The molecule has 1 heterocycles. The molecule has 32 heavy (non-hydrogen) atoms. The van der Waals surface area contributed by atoms with Crippen molar-refractivity contribution >= 4 is 6.03 Å². The first-order valence-corrected chi connectivity index (χ1v) is 13.0. The number of urea groups is 1. The lowest BCUT2D eigenvalue weighted by molar-refractivity contribution is 0.126. The molecule has 4 unspecified atom stereocenters. The molecule has 1 saturated heterocycles. The maximum Gasteiger partial charge on any atom is 0.318 e. The minimum Gasteiger partial charge on any atom is -0.331 e. The Morgan fingerprint density at radius 2 is 1.81 bits per heavy atom. The molecule has 4 nitrogen and oxygen atoms in total. The van der Waals surface area contributed by atoms with Crippen molar-refractivity contribution < 1.29 is 4.79 Å². The van der Waals surface area contributed by atoms with Crippen LogP contribution >= 0.6 is 0 Å². The third-order valence-electron chi connectivity index (χ3n) is 8.87. The van der Waals surface area contributed by atoms with E-state index in [2.05, 4.69) is 74.3 Å². The van der Waals surface area contributed by atoms with E-state index in [1.54, 1.807) is 0 Å². The van der Waals surface area contributed by atoms with Crippen molar-refractivity contribution in [1.29, 1.82) is 0 Å². The molecule has 1 aromatic rings. The molecule has 2 fully saturated rings. The Morgan fingerprint density at radius 1 is 1.09 bits per heavy atom. The molecule has 5 rings (SSSR count). The SMILES string of the molecule is CC(C)N(C(=O)NC1CC2(CCN(CC3CC4C=CC3C4)CC2)c2ccccc21)C(C)C. The molecule has 1 saturated carbocycles. The summed E-state index contributed by atoms with van der Waals surface area (Å²) in [6.45, 7) is 12.1. The fourth-order valence-corrected chi connectivity index (χ4v) is 7.39. The smallest absolute Gasteiger partial charge is 0.318 e. The molecular weight excluding hydrogens is 394 g/mol. The van der Waals surface area contributed by atoms with Crippen molar-refractivity contribution in [3.63, 3.8) is 0 Å². The number of hydrogen-bond acceptors (Lipinski definition) is 2. The number of allylic oxidation sites excluding steroid dienone is 2. The highest BCUT2D eigenvalue weighted by atomic mass is 16.2. The van der Waals surface area contributed by atoms with E-state index in [0.29, 0.717) is 0 Å². The van der Waals surface area contributed by atoms with Gasteiger partial charge in [-0.1, -0.05) is 36.4 Å². The number of carbonyl (C=O) groups excluding carboxylic acids is 1. The van der Waals surface area contributed by atoms with Gasteiger partial charge in [-0.2, -0.15) is 0 Å². The van der Waals surface area contributed by atoms with Gasteiger partial charge in [0.15, 0.2) is 0 Å². The third-order valence-corrected chi connectivity index (χ3v) is 8.87. The lowest BCUT2D eigenvalue weighted by atomic mass is 9.73. The normalized spacial score (nSPS) is 30.4. The van der Waals surface area contributed by atoms with Crippen LogP contribution in [0.25, 0.3) is 0 Å². The van der Waals surface area contributed by atoms with Crippen LogP contribution in [-0.2, 0) is 5.41 Å². The Hall–Kier alpha value is -1.81. The van der Waals surface area contributed by atoms with Crippen LogP contribution < -0.4 is 5.32 Å². The molecule has 1 N–H and O–H groups in total. The average Bonchev–Trinajstić information content (AvgIpc) is 3.44. The van der Waals surface area contributed by atoms with Gasteiger partial charge in [-0.3, -0.25) is 0 Å². The van der Waals surface area contributed by atoms with Crippen LogP contribution in [0, 0.1) is 17.8 Å². The molecule has 1 aromatic carbocycles. The predicted molar refractivity (Wildman–Crippen MR) is 131 cm³/mol. The average molecular weight is 436 g/mol. The number of fused-ring (bicyclic) bond motifs is 4. The fourth-order valence-electron chi connectivity index (χ4n) is 7.39. The molecule has 0 radical (unpaired) electrons. The van der Waals surface area contributed by atoms with Gasteiger partial charge in [-0.25, -0.2) is 4.79 Å². The van der Waals surface area contributed by atoms with Crippen LogP contribution in [0.4, 0.5) is 4.79 Å². The molecule has 2 amide bonds. The van der Waals surface area contributed by atoms with Gasteiger partial charge in [0.2, 0.25) is 0 Å². The second-order valence-electron chi connectivity index (χ2n) is 11.5. The van der Waals surface area contributed by atoms with Gasteiger partial charge >= 0.3 is 6.03 Å². The minimum absolute atomic E-state index is 0.0774. The molecule has 1 spiro atoms. The topological polar surface area (TPSA) is 35.6 Å². The van der Waals surface area contributed by atoms with Crippen molar-refractivity contribution in [3.8, 4) is 0 Å². The number of likely N-dealkylation sites (tertiary alicyclic amines) is 1. The largest absolute Gasteiger partial charge is 0.331 e. The Labute approximate surface area is 194 Å². The molecule has 4 heteroatoms. The van der Waals surface area contributed by atoms with E-state index in [0.717, 1.165) is 24.2 Å². The maximum atomic E-state index is 13.2. The van der Waals surface area contributed by atoms with E-state index < -0.39 is 0 Å². The first-order chi connectivity index (χ1) is 15.4. The summed E-state index contributed by atoms with van der Waals surface area (Å²) in [4.78, 5) is 17.9. The third kappa shape index (κ3) is 3.89. The van der Waals surface area contributed by atoms with Crippen LogP contribution in [0.15, 0.2) is 36.4 Å². The van der Waals surface area contributed by atoms with E-state index in [1.807, 2.05) is 4.90 Å². The number of benzene rings is 1. The molecule has 174 valence electrons. The van der Waals surface area contributed by atoms with E-state index in [9.17, 15) is 4.79 Å². The quantitative estimate of drug-likeness (QED) is 0.620. The standard InChI is InChI=1S/C28H41N3O/c1-19(2)31(20(3)4)27(32)29-26-17-28(25-8-6-5-7-24(25)26)11-13-30(14-12-28)18-23-16-21-9-10-22(23)15-21/h5-10,19-23,26H,11-18H2,1-4H3,(H,29,32). The number of amides is 2. The number of rotatable bonds is 5. The second-order valence-corrected chi connectivity index (χ2v) is 11.5. The summed E-state index contributed by atoms with van der Waals surface area (Å²) in [6, 6.07) is 9.51. The molecule has 4 aliphatic rings. The number of carbonyl (C=O) groups is 1. The monoisotopic (exact) mass is 435 g/mol. The van der Waals surface area contributed by atoms with Gasteiger partial charge in [0, 0.05) is 24.0 Å². The summed E-state index contributed by atoms with van der Waals surface area (Å²) in [7, 11) is 0. The number of nitrogens with one attached hydrogen (secondary N) is 1. The van der Waals surface area contributed by atoms with Gasteiger partial charge in [-0.15, -0.1) is 0 Å². The lowest BCUT2D eigenvalue weighted by Gasteiger charge is -2.41. The molecule has 1 aliphatic heterocycles. The summed E-state index contributed by atoms with van der Waals surface area (Å²) in [6.07, 6.45) is 11.2. The van der Waals surface area contributed by atoms with Crippen molar-refractivity contribution in [2.24, 2.45) is 17.8 Å². The zero-order valence-electron chi connectivity index (χ0n) is 20.4. The van der Waals surface area contributed by atoms with E-state index in [4.69, 9.17) is 0 Å². The Bertz CT molecular complexity index is 859. The van der Waals surface area contributed by atoms with E-state index in [-0.39, 0.29) is 29.6 Å². The Balaban J connectivity index is 1.26. The first kappa shape index (κ1) is 22.0. The van der Waals surface area contributed by atoms with Gasteiger partial charge < -0.3 is 15.1 Å². The summed E-state index contributed by atoms with van der Waals surface area (Å²) >= 11 is 0. The molecule has 4 atom stereocenters. The van der Waals surface area contributed by atoms with Crippen LogP contribution in [-0.4, -0.2) is 47.5 Å². The molecule has 0 aromatic heterocycles. The number of hydrogen-bond donors (Lipinski definition) is 1. The molecule has 2 bridgehead atoms. The second kappa shape index (κ2) is 8.52. The molecular formula is C28H41N3O. The van der Waals surface area contributed by atoms with Crippen molar-refractivity contribution in [2.45, 2.75) is 83.3 Å². The van der Waals surface area contributed by atoms with Gasteiger partial charge in [0.25, 0.3) is 0 Å². The first-order valence-electron chi connectivity index (χ1n) is 13.0. The van der Waals surface area contributed by atoms with Crippen molar-refractivity contribution in [1.82, 2.24) is 15.1 Å². The van der Waals surface area contributed by atoms with E-state index in [1.165, 1.54) is 56.4 Å². The lowest BCUT2D eigenvalue weighted by Crippen LogP contribution is -2.49. The summed E-state index contributed by atoms with van der Waals surface area (Å²) in [5.74, 6) is 2.58. The fraction of sp³-hybridized carbons (Fsp3) is 0.679. The van der Waals surface area contributed by atoms with Crippen LogP contribution in [0.3, 0.4) is 0 Å². The predicted octanol–water partition coefficient (Wildman–Crippen LogP) is 5.51. The number of nitrogens with zero attached hydrogens (tertiary/aromatic N) is 2. The van der Waals surface area contributed by atoms with Crippen molar-refractivity contribution in [2.75, 3.05) is 19.6 Å². The van der Waals surface area contributed by atoms with Crippen LogP contribution in [0.2, 0.25) is 0 Å².